The van der Waals surface area contributed by atoms with Crippen molar-refractivity contribution < 1.29 is 8.42 Å². The average Bonchev–Trinajstić information content (AvgIpc) is 3.06. The van der Waals surface area contributed by atoms with Crippen molar-refractivity contribution in [1.82, 2.24) is 10.3 Å². The third kappa shape index (κ3) is 2.49. The van der Waals surface area contributed by atoms with Crippen molar-refractivity contribution >= 4 is 15.7 Å². The van der Waals surface area contributed by atoms with Crippen LogP contribution in [0.25, 0.3) is 0 Å². The Morgan fingerprint density at radius 3 is 2.83 bits per heavy atom. The van der Waals surface area contributed by atoms with Gasteiger partial charge < -0.3 is 5.32 Å². The van der Waals surface area contributed by atoms with E-state index >= 15 is 0 Å². The second kappa shape index (κ2) is 4.51. The first kappa shape index (κ1) is 11.9. The van der Waals surface area contributed by atoms with Crippen LogP contribution in [-0.4, -0.2) is 31.7 Å². The highest BCUT2D eigenvalue weighted by Crippen LogP contribution is 2.30. The van der Waals surface area contributed by atoms with Crippen molar-refractivity contribution in [1.29, 1.82) is 0 Å². The smallest absolute Gasteiger partial charge is 0.235 e. The maximum atomic E-state index is 11.9. The molecule has 1 atom stereocenters. The van der Waals surface area contributed by atoms with Gasteiger partial charge in [-0.2, -0.15) is 0 Å². The van der Waals surface area contributed by atoms with Crippen molar-refractivity contribution in [3.63, 3.8) is 0 Å². The van der Waals surface area contributed by atoms with Gasteiger partial charge in [-0.25, -0.2) is 8.42 Å². The second-order valence-electron chi connectivity index (χ2n) is 5.01. The Bertz CT molecular complexity index is 534. The number of sulfonamides is 1. The summed E-state index contributed by atoms with van der Waals surface area (Å²) < 4.78 is 26.4. The van der Waals surface area contributed by atoms with Crippen molar-refractivity contribution in [2.45, 2.75) is 30.4 Å². The Morgan fingerprint density at radius 1 is 1.33 bits per heavy atom. The second-order valence-corrected chi connectivity index (χ2v) is 6.97. The Kier molecular flexibility index (Phi) is 2.99. The number of anilines is 1. The number of nitrogens with zero attached hydrogens (tertiary/aromatic N) is 1. The fourth-order valence-corrected chi connectivity index (χ4v) is 3.65. The van der Waals surface area contributed by atoms with Crippen LogP contribution < -0.4 is 10.0 Å². The van der Waals surface area contributed by atoms with Crippen molar-refractivity contribution in [3.05, 3.63) is 24.0 Å². The highest BCUT2D eigenvalue weighted by atomic mass is 32.2. The number of rotatable bonds is 4. The normalized spacial score (nSPS) is 24.1. The summed E-state index contributed by atoms with van der Waals surface area (Å²) in [6, 6.07) is 3.57. The molecule has 6 heteroatoms. The van der Waals surface area contributed by atoms with Crippen molar-refractivity contribution in [2.75, 3.05) is 17.8 Å². The first-order chi connectivity index (χ1) is 8.65. The van der Waals surface area contributed by atoms with Crippen LogP contribution in [0.2, 0.25) is 0 Å². The monoisotopic (exact) mass is 267 g/mol. The van der Waals surface area contributed by atoms with E-state index in [0.717, 1.165) is 38.0 Å². The summed E-state index contributed by atoms with van der Waals surface area (Å²) in [7, 11) is -3.17. The van der Waals surface area contributed by atoms with E-state index in [-0.39, 0.29) is 5.25 Å². The summed E-state index contributed by atoms with van der Waals surface area (Å²) in [6.45, 7) is 1.93. The molecule has 98 valence electrons. The first-order valence-electron chi connectivity index (χ1n) is 6.33. The van der Waals surface area contributed by atoms with Gasteiger partial charge in [0.25, 0.3) is 0 Å². The van der Waals surface area contributed by atoms with Crippen LogP contribution >= 0.6 is 0 Å². The van der Waals surface area contributed by atoms with Gasteiger partial charge in [0.05, 0.1) is 10.9 Å². The van der Waals surface area contributed by atoms with E-state index in [0.29, 0.717) is 11.6 Å². The fourth-order valence-electron chi connectivity index (χ4n) is 2.27. The zero-order valence-electron chi connectivity index (χ0n) is 10.1. The molecule has 1 aromatic rings. The third-order valence-electron chi connectivity index (χ3n) is 3.48. The van der Waals surface area contributed by atoms with E-state index in [1.165, 1.54) is 0 Å². The lowest BCUT2D eigenvalue weighted by molar-refractivity contribution is 0.600. The quantitative estimate of drug-likeness (QED) is 0.856. The molecule has 1 saturated heterocycles. The Morgan fingerprint density at radius 2 is 2.17 bits per heavy atom. The highest BCUT2D eigenvalue weighted by molar-refractivity contribution is 7.93. The first-order valence-corrected chi connectivity index (χ1v) is 7.88. The minimum Gasteiger partial charge on any atom is -0.316 e. The van der Waals surface area contributed by atoms with Gasteiger partial charge in [0, 0.05) is 24.4 Å². The lowest BCUT2D eigenvalue weighted by Gasteiger charge is -2.11. The number of hydrogen-bond donors (Lipinski definition) is 2. The lowest BCUT2D eigenvalue weighted by atomic mass is 10.0. The van der Waals surface area contributed by atoms with Crippen LogP contribution in [0.1, 0.15) is 30.9 Å². The number of aromatic nitrogens is 1. The van der Waals surface area contributed by atoms with Gasteiger partial charge in [0.1, 0.15) is 0 Å². The molecule has 1 unspecified atom stereocenters. The van der Waals surface area contributed by atoms with Crippen LogP contribution in [0.3, 0.4) is 0 Å². The molecule has 0 bridgehead atoms. The highest BCUT2D eigenvalue weighted by Gasteiger charge is 2.35. The van der Waals surface area contributed by atoms with E-state index < -0.39 is 10.0 Å². The molecule has 3 rings (SSSR count). The fraction of sp³-hybridized carbons (Fsp3) is 0.583. The van der Waals surface area contributed by atoms with Gasteiger partial charge in [0.15, 0.2) is 0 Å². The molecule has 1 aliphatic carbocycles. The summed E-state index contributed by atoms with van der Waals surface area (Å²) in [4.78, 5) is 4.34. The van der Waals surface area contributed by atoms with Crippen LogP contribution in [0.4, 0.5) is 5.69 Å². The molecule has 2 aliphatic rings. The molecule has 2 fully saturated rings. The predicted molar refractivity (Wildman–Crippen MR) is 70.0 cm³/mol. The van der Waals surface area contributed by atoms with Crippen LogP contribution in [0.5, 0.6) is 0 Å². The molecule has 0 radical (unpaired) electrons. The minimum atomic E-state index is -3.17. The zero-order chi connectivity index (χ0) is 12.6. The number of hydrogen-bond acceptors (Lipinski definition) is 4. The van der Waals surface area contributed by atoms with Gasteiger partial charge in [-0.15, -0.1) is 0 Å². The molecule has 0 aromatic carbocycles. The molecule has 0 amide bonds. The van der Waals surface area contributed by atoms with Gasteiger partial charge >= 0.3 is 0 Å². The maximum Gasteiger partial charge on any atom is 0.235 e. The topological polar surface area (TPSA) is 71.1 Å². The lowest BCUT2D eigenvalue weighted by Crippen LogP contribution is -2.17. The molecule has 1 aliphatic heterocycles. The Labute approximate surface area is 107 Å². The number of nitrogens with one attached hydrogen (secondary N) is 2. The molecular weight excluding hydrogens is 250 g/mol. The van der Waals surface area contributed by atoms with E-state index in [4.69, 9.17) is 0 Å². The summed E-state index contributed by atoms with van der Waals surface area (Å²) in [5.74, 6) is 0.398. The summed E-state index contributed by atoms with van der Waals surface area (Å²) in [5, 5.41) is 3.10. The number of pyridine rings is 1. The van der Waals surface area contributed by atoms with Crippen LogP contribution in [0.15, 0.2) is 18.3 Å². The van der Waals surface area contributed by atoms with E-state index in [1.54, 1.807) is 12.3 Å². The average molecular weight is 267 g/mol. The molecule has 1 aromatic heterocycles. The largest absolute Gasteiger partial charge is 0.316 e. The molecule has 2 N–H and O–H groups in total. The Hall–Kier alpha value is -1.14. The molecule has 5 nitrogen and oxygen atoms in total. The van der Waals surface area contributed by atoms with Gasteiger partial charge in [-0.3, -0.25) is 9.71 Å². The van der Waals surface area contributed by atoms with Crippen LogP contribution in [0, 0.1) is 0 Å². The zero-order valence-corrected chi connectivity index (χ0v) is 10.9. The molecule has 1 saturated carbocycles. The third-order valence-corrected chi connectivity index (χ3v) is 5.35. The van der Waals surface area contributed by atoms with E-state index in [1.807, 2.05) is 6.07 Å². The summed E-state index contributed by atoms with van der Waals surface area (Å²) in [5.41, 5.74) is 1.61. The SMILES string of the molecule is O=S(=O)(Nc1ccnc(C2CCNC2)c1)C1CC1. The van der Waals surface area contributed by atoms with Crippen molar-refractivity contribution in [3.8, 4) is 0 Å². The summed E-state index contributed by atoms with van der Waals surface area (Å²) >= 11 is 0. The van der Waals surface area contributed by atoms with Gasteiger partial charge in [0.2, 0.25) is 10.0 Å². The van der Waals surface area contributed by atoms with Crippen LogP contribution in [-0.2, 0) is 10.0 Å². The molecule has 18 heavy (non-hydrogen) atoms. The Balaban J connectivity index is 1.78. The van der Waals surface area contributed by atoms with Gasteiger partial charge in [-0.1, -0.05) is 0 Å². The van der Waals surface area contributed by atoms with E-state index in [2.05, 4.69) is 15.0 Å². The molecular formula is C12H17N3O2S. The minimum absolute atomic E-state index is 0.192. The van der Waals surface area contributed by atoms with Gasteiger partial charge in [-0.05, 0) is 37.9 Å². The molecule has 0 spiro atoms. The van der Waals surface area contributed by atoms with Crippen molar-refractivity contribution in [2.24, 2.45) is 0 Å². The predicted octanol–water partition coefficient (Wildman–Crippen LogP) is 1.06. The standard InChI is InChI=1S/C12H17N3O2S/c16-18(17,11-1-2-11)15-10-4-6-14-12(7-10)9-3-5-13-8-9/h4,6-7,9,11,13H,1-3,5,8H2,(H,14,15). The summed E-state index contributed by atoms with van der Waals surface area (Å²) in [6.07, 6.45) is 4.30. The molecule has 2 heterocycles. The maximum absolute atomic E-state index is 11.9. The van der Waals surface area contributed by atoms with E-state index in [9.17, 15) is 8.42 Å².